The largest absolute Gasteiger partial charge is 1.00 e. The van der Waals surface area contributed by atoms with Crippen LogP contribution in [-0.4, -0.2) is 0 Å². The molecule has 0 bridgehead atoms. The van der Waals surface area contributed by atoms with Crippen molar-refractivity contribution in [3.63, 3.8) is 0 Å². The molecule has 2 heteroatoms. The van der Waals surface area contributed by atoms with E-state index in [1.807, 2.05) is 0 Å². The van der Waals surface area contributed by atoms with Gasteiger partial charge in [-0.25, -0.2) is 0 Å². The van der Waals surface area contributed by atoms with Gasteiger partial charge >= 0.3 is 0 Å². The van der Waals surface area contributed by atoms with E-state index in [2.05, 4.69) is 122 Å². The van der Waals surface area contributed by atoms with Gasteiger partial charge in [-0.3, -0.25) is 0 Å². The third-order valence-corrected chi connectivity index (χ3v) is 5.38. The zero-order chi connectivity index (χ0) is 19.3. The van der Waals surface area contributed by atoms with Crippen molar-refractivity contribution >= 4 is 0 Å². The minimum atomic E-state index is 0. The molecular weight excluding hydrogens is 465 g/mol. The summed E-state index contributed by atoms with van der Waals surface area (Å²) >= 11 is 0. The first kappa shape index (κ1) is 21.3. The molecule has 1 nitrogen and oxygen atoms in total. The minimum Gasteiger partial charge on any atom is -1.00 e. The van der Waals surface area contributed by atoms with Crippen molar-refractivity contribution in [3.05, 3.63) is 103 Å². The van der Waals surface area contributed by atoms with Gasteiger partial charge in [-0.2, -0.15) is 4.57 Å². The molecule has 0 saturated carbocycles. The summed E-state index contributed by atoms with van der Waals surface area (Å²) in [5, 5.41) is 0. The molecular formula is C27H26IN. The number of halogens is 1. The zero-order valence-corrected chi connectivity index (χ0v) is 19.1. The van der Waals surface area contributed by atoms with Crippen molar-refractivity contribution in [1.29, 1.82) is 0 Å². The van der Waals surface area contributed by atoms with E-state index in [1.54, 1.807) is 0 Å². The number of benzene rings is 3. The normalized spacial score (nSPS) is 11.5. The highest BCUT2D eigenvalue weighted by Crippen LogP contribution is 2.30. The lowest BCUT2D eigenvalue weighted by Crippen LogP contribution is -3.00. The lowest BCUT2D eigenvalue weighted by atomic mass is 9.98. The summed E-state index contributed by atoms with van der Waals surface area (Å²) < 4.78 is 2.50. The molecule has 4 rings (SSSR count). The molecule has 0 amide bonds. The van der Waals surface area contributed by atoms with Crippen LogP contribution < -0.4 is 28.5 Å². The maximum Gasteiger partial charge on any atom is 0.213 e. The Morgan fingerprint density at radius 2 is 0.966 bits per heavy atom. The van der Waals surface area contributed by atoms with Crippen LogP contribution in [-0.2, 0) is 0 Å². The molecule has 0 spiro atoms. The first-order valence-corrected chi connectivity index (χ1v) is 10.0. The smallest absolute Gasteiger partial charge is 0.213 e. The Morgan fingerprint density at radius 1 is 0.586 bits per heavy atom. The van der Waals surface area contributed by atoms with Crippen LogP contribution in [0.1, 0.15) is 26.3 Å². The number of rotatable bonds is 5. The number of aromatic nitrogens is 1. The van der Waals surface area contributed by atoms with E-state index in [-0.39, 0.29) is 24.0 Å². The fourth-order valence-electron chi connectivity index (χ4n) is 3.72. The van der Waals surface area contributed by atoms with Crippen molar-refractivity contribution < 1.29 is 28.5 Å². The molecule has 0 aliphatic heterocycles. The van der Waals surface area contributed by atoms with E-state index in [0.29, 0.717) is 6.04 Å². The van der Waals surface area contributed by atoms with Gasteiger partial charge in [-0.05, 0) is 42.3 Å². The van der Waals surface area contributed by atoms with Gasteiger partial charge in [0, 0.05) is 29.7 Å². The topological polar surface area (TPSA) is 3.88 Å². The average molecular weight is 491 g/mol. The lowest BCUT2D eigenvalue weighted by Gasteiger charge is -2.16. The minimum absolute atomic E-state index is 0. The van der Waals surface area contributed by atoms with Gasteiger partial charge in [0.1, 0.15) is 0 Å². The van der Waals surface area contributed by atoms with Crippen molar-refractivity contribution in [2.75, 3.05) is 0 Å². The van der Waals surface area contributed by atoms with Gasteiger partial charge in [0.05, 0.1) is 0 Å². The first-order valence-electron chi connectivity index (χ1n) is 10.0. The monoisotopic (exact) mass is 491 g/mol. The Morgan fingerprint density at radius 3 is 1.34 bits per heavy atom. The van der Waals surface area contributed by atoms with Crippen LogP contribution >= 0.6 is 0 Å². The van der Waals surface area contributed by atoms with E-state index < -0.39 is 0 Å². The van der Waals surface area contributed by atoms with E-state index in [4.69, 9.17) is 0 Å². The SMILES string of the molecule is CCC(C)[n+]1c(-c2ccccc2)cc(-c2ccccc2)cc1-c1ccccc1.[I-]. The Kier molecular flexibility index (Phi) is 7.21. The van der Waals surface area contributed by atoms with Crippen LogP contribution in [0.25, 0.3) is 33.6 Å². The van der Waals surface area contributed by atoms with Gasteiger partial charge in [-0.15, -0.1) is 0 Å². The molecule has 0 radical (unpaired) electrons. The molecule has 0 aliphatic carbocycles. The lowest BCUT2D eigenvalue weighted by molar-refractivity contribution is -0.699. The van der Waals surface area contributed by atoms with Crippen molar-refractivity contribution in [1.82, 2.24) is 0 Å². The van der Waals surface area contributed by atoms with Gasteiger partial charge in [0.15, 0.2) is 6.04 Å². The average Bonchev–Trinajstić information content (AvgIpc) is 2.79. The summed E-state index contributed by atoms with van der Waals surface area (Å²) in [6.07, 6.45) is 1.08. The highest BCUT2D eigenvalue weighted by molar-refractivity contribution is 5.73. The molecule has 29 heavy (non-hydrogen) atoms. The molecule has 1 atom stereocenters. The number of nitrogens with zero attached hydrogens (tertiary/aromatic N) is 1. The zero-order valence-electron chi connectivity index (χ0n) is 16.9. The van der Waals surface area contributed by atoms with Gasteiger partial charge in [0.25, 0.3) is 0 Å². The van der Waals surface area contributed by atoms with E-state index in [0.717, 1.165) is 6.42 Å². The molecule has 0 saturated heterocycles. The molecule has 146 valence electrons. The maximum absolute atomic E-state index is 2.50. The predicted octanol–water partition coefficient (Wildman–Crippen LogP) is 3.95. The number of hydrogen-bond donors (Lipinski definition) is 0. The maximum atomic E-state index is 2.50. The summed E-state index contributed by atoms with van der Waals surface area (Å²) in [5.41, 5.74) is 7.51. The van der Waals surface area contributed by atoms with E-state index in [1.165, 1.54) is 33.6 Å². The fraction of sp³-hybridized carbons (Fsp3) is 0.148. The van der Waals surface area contributed by atoms with Gasteiger partial charge in [-0.1, -0.05) is 73.7 Å². The first-order chi connectivity index (χ1) is 13.8. The van der Waals surface area contributed by atoms with Crippen LogP contribution in [0, 0.1) is 0 Å². The molecule has 0 aliphatic rings. The molecule has 0 fully saturated rings. The molecule has 4 aromatic rings. The van der Waals surface area contributed by atoms with Crippen LogP contribution in [0.4, 0.5) is 0 Å². The van der Waals surface area contributed by atoms with Crippen LogP contribution in [0.15, 0.2) is 103 Å². The predicted molar refractivity (Wildman–Crippen MR) is 118 cm³/mol. The Bertz CT molecular complexity index is 983. The van der Waals surface area contributed by atoms with E-state index >= 15 is 0 Å². The third kappa shape index (κ3) is 4.59. The molecule has 3 aromatic carbocycles. The molecule has 1 unspecified atom stereocenters. The van der Waals surface area contributed by atoms with Crippen molar-refractivity contribution in [2.24, 2.45) is 0 Å². The highest BCUT2D eigenvalue weighted by Gasteiger charge is 2.26. The Hall–Kier alpha value is -2.46. The summed E-state index contributed by atoms with van der Waals surface area (Å²) in [5.74, 6) is 0. The Labute approximate surface area is 191 Å². The second-order valence-corrected chi connectivity index (χ2v) is 7.24. The van der Waals surface area contributed by atoms with Gasteiger partial charge < -0.3 is 24.0 Å². The summed E-state index contributed by atoms with van der Waals surface area (Å²) in [6.45, 7) is 4.56. The number of pyridine rings is 1. The number of hydrogen-bond acceptors (Lipinski definition) is 0. The van der Waals surface area contributed by atoms with Gasteiger partial charge in [0.2, 0.25) is 11.4 Å². The van der Waals surface area contributed by atoms with E-state index in [9.17, 15) is 0 Å². The second kappa shape index (κ2) is 9.84. The Balaban J connectivity index is 0.00000240. The van der Waals surface area contributed by atoms with Crippen molar-refractivity contribution in [2.45, 2.75) is 26.3 Å². The molecule has 1 aromatic heterocycles. The van der Waals surface area contributed by atoms with Crippen LogP contribution in [0.3, 0.4) is 0 Å². The third-order valence-electron chi connectivity index (χ3n) is 5.38. The standard InChI is InChI=1S/C27H26N.HI/c1-3-21(2)28-26(23-15-9-5-10-16-23)19-25(22-13-7-4-8-14-22)20-27(28)24-17-11-6-12-18-24;/h4-21H,3H2,1-2H3;1H/q+1;/p-1. The quantitative estimate of drug-likeness (QED) is 0.294. The summed E-state index contributed by atoms with van der Waals surface area (Å²) in [7, 11) is 0. The van der Waals surface area contributed by atoms with Crippen LogP contribution in [0.2, 0.25) is 0 Å². The van der Waals surface area contributed by atoms with Crippen molar-refractivity contribution in [3.8, 4) is 33.6 Å². The molecule has 0 N–H and O–H groups in total. The second-order valence-electron chi connectivity index (χ2n) is 7.24. The summed E-state index contributed by atoms with van der Waals surface area (Å²) in [6, 6.07) is 37.2. The van der Waals surface area contributed by atoms with Crippen LogP contribution in [0.5, 0.6) is 0 Å². The highest BCUT2D eigenvalue weighted by atomic mass is 127. The summed E-state index contributed by atoms with van der Waals surface area (Å²) in [4.78, 5) is 0. The fourth-order valence-corrected chi connectivity index (χ4v) is 3.72. The molecule has 1 heterocycles.